The Bertz CT molecular complexity index is 349. The number of methoxy groups -OCH3 is 1. The number of nitrogens with two attached hydrogens (primary N) is 1. The second-order valence-electron chi connectivity index (χ2n) is 3.99. The van der Waals surface area contributed by atoms with Gasteiger partial charge in [-0.15, -0.1) is 0 Å². The molecule has 1 amide bonds. The maximum absolute atomic E-state index is 11.7. The summed E-state index contributed by atoms with van der Waals surface area (Å²) in [4.78, 5) is 11.7. The standard InChI is InChI=1S/C13H20N2O2/c1-10(17-2)9-15-13(16)12-5-3-11(4-6-12)7-8-14/h3-6,10H,7-9,14H2,1-2H3,(H,15,16). The predicted molar refractivity (Wildman–Crippen MR) is 68.0 cm³/mol. The molecule has 3 N–H and O–H groups in total. The molecular weight excluding hydrogens is 216 g/mol. The SMILES string of the molecule is COC(C)CNC(=O)c1ccc(CCN)cc1. The van der Waals surface area contributed by atoms with E-state index in [0.29, 0.717) is 18.7 Å². The van der Waals surface area contributed by atoms with Gasteiger partial charge in [-0.3, -0.25) is 4.79 Å². The van der Waals surface area contributed by atoms with Gasteiger partial charge in [0, 0.05) is 19.2 Å². The second-order valence-corrected chi connectivity index (χ2v) is 3.99. The van der Waals surface area contributed by atoms with Crippen molar-refractivity contribution in [3.63, 3.8) is 0 Å². The van der Waals surface area contributed by atoms with Crippen molar-refractivity contribution in [2.24, 2.45) is 5.73 Å². The van der Waals surface area contributed by atoms with Crippen molar-refractivity contribution in [2.75, 3.05) is 20.2 Å². The zero-order valence-electron chi connectivity index (χ0n) is 10.4. The summed E-state index contributed by atoms with van der Waals surface area (Å²) >= 11 is 0. The minimum Gasteiger partial charge on any atom is -0.380 e. The molecule has 94 valence electrons. The fraction of sp³-hybridized carbons (Fsp3) is 0.462. The van der Waals surface area contributed by atoms with Gasteiger partial charge in [-0.2, -0.15) is 0 Å². The molecule has 4 nitrogen and oxygen atoms in total. The summed E-state index contributed by atoms with van der Waals surface area (Å²) in [6.07, 6.45) is 0.859. The summed E-state index contributed by atoms with van der Waals surface area (Å²) in [5.41, 5.74) is 7.27. The molecule has 0 saturated carbocycles. The molecular formula is C13H20N2O2. The Kier molecular flexibility index (Phi) is 5.66. The van der Waals surface area contributed by atoms with E-state index in [-0.39, 0.29) is 12.0 Å². The van der Waals surface area contributed by atoms with Crippen LogP contribution in [0.15, 0.2) is 24.3 Å². The maximum Gasteiger partial charge on any atom is 0.251 e. The quantitative estimate of drug-likeness (QED) is 0.773. The highest BCUT2D eigenvalue weighted by Gasteiger charge is 2.06. The number of carbonyl (C=O) groups excluding carboxylic acids is 1. The first-order chi connectivity index (χ1) is 8.17. The van der Waals surface area contributed by atoms with Crippen molar-refractivity contribution in [3.8, 4) is 0 Å². The number of carbonyl (C=O) groups is 1. The fourth-order valence-electron chi connectivity index (χ4n) is 1.41. The van der Waals surface area contributed by atoms with Crippen LogP contribution in [-0.4, -0.2) is 32.2 Å². The van der Waals surface area contributed by atoms with Crippen LogP contribution in [0.5, 0.6) is 0 Å². The minimum absolute atomic E-state index is 0.0236. The molecule has 0 aliphatic rings. The van der Waals surface area contributed by atoms with Crippen LogP contribution in [0, 0.1) is 0 Å². The Morgan fingerprint density at radius 1 is 1.41 bits per heavy atom. The Labute approximate surface area is 102 Å². The Morgan fingerprint density at radius 2 is 2.06 bits per heavy atom. The van der Waals surface area contributed by atoms with Crippen molar-refractivity contribution in [3.05, 3.63) is 35.4 Å². The van der Waals surface area contributed by atoms with Gasteiger partial charge < -0.3 is 15.8 Å². The van der Waals surface area contributed by atoms with Crippen LogP contribution in [-0.2, 0) is 11.2 Å². The molecule has 0 aliphatic carbocycles. The molecule has 1 aromatic carbocycles. The molecule has 4 heteroatoms. The average molecular weight is 236 g/mol. The van der Waals surface area contributed by atoms with Gasteiger partial charge in [-0.05, 0) is 37.6 Å². The molecule has 0 fully saturated rings. The maximum atomic E-state index is 11.7. The van der Waals surface area contributed by atoms with Crippen molar-refractivity contribution >= 4 is 5.91 Å². The van der Waals surface area contributed by atoms with E-state index < -0.39 is 0 Å². The first kappa shape index (κ1) is 13.7. The number of nitrogens with one attached hydrogen (secondary N) is 1. The Balaban J connectivity index is 2.51. The highest BCUT2D eigenvalue weighted by molar-refractivity contribution is 5.94. The van der Waals surface area contributed by atoms with Crippen LogP contribution in [0.2, 0.25) is 0 Å². The van der Waals surface area contributed by atoms with E-state index in [1.54, 1.807) is 7.11 Å². The lowest BCUT2D eigenvalue weighted by atomic mass is 10.1. The first-order valence-electron chi connectivity index (χ1n) is 5.77. The van der Waals surface area contributed by atoms with Gasteiger partial charge in [0.05, 0.1) is 6.10 Å². The van der Waals surface area contributed by atoms with Crippen LogP contribution in [0.4, 0.5) is 0 Å². The highest BCUT2D eigenvalue weighted by Crippen LogP contribution is 2.04. The number of hydrogen-bond donors (Lipinski definition) is 2. The van der Waals surface area contributed by atoms with Gasteiger partial charge in [-0.25, -0.2) is 0 Å². The Morgan fingerprint density at radius 3 is 2.59 bits per heavy atom. The van der Waals surface area contributed by atoms with Crippen molar-refractivity contribution < 1.29 is 9.53 Å². The monoisotopic (exact) mass is 236 g/mol. The van der Waals surface area contributed by atoms with E-state index in [1.165, 1.54) is 0 Å². The normalized spacial score (nSPS) is 12.2. The molecule has 1 rings (SSSR count). The lowest BCUT2D eigenvalue weighted by Crippen LogP contribution is -2.31. The third-order valence-electron chi connectivity index (χ3n) is 2.60. The number of hydrogen-bond acceptors (Lipinski definition) is 3. The summed E-state index contributed by atoms with van der Waals surface area (Å²) in [6.45, 7) is 3.04. The van der Waals surface area contributed by atoms with Crippen molar-refractivity contribution in [2.45, 2.75) is 19.4 Å². The van der Waals surface area contributed by atoms with Gasteiger partial charge >= 0.3 is 0 Å². The summed E-state index contributed by atoms with van der Waals surface area (Å²) in [5.74, 6) is -0.0757. The van der Waals surface area contributed by atoms with Crippen molar-refractivity contribution in [1.82, 2.24) is 5.32 Å². The third kappa shape index (κ3) is 4.54. The fourth-order valence-corrected chi connectivity index (χ4v) is 1.41. The molecule has 0 aliphatic heterocycles. The summed E-state index contributed by atoms with van der Waals surface area (Å²) in [7, 11) is 1.62. The van der Waals surface area contributed by atoms with E-state index in [4.69, 9.17) is 10.5 Å². The zero-order chi connectivity index (χ0) is 12.7. The minimum atomic E-state index is -0.0757. The number of rotatable bonds is 6. The molecule has 0 saturated heterocycles. The van der Waals surface area contributed by atoms with Gasteiger partial charge in [0.25, 0.3) is 5.91 Å². The van der Waals surface area contributed by atoms with E-state index in [2.05, 4.69) is 5.32 Å². The van der Waals surface area contributed by atoms with Crippen LogP contribution in [0.1, 0.15) is 22.8 Å². The van der Waals surface area contributed by atoms with Crippen LogP contribution in [0.3, 0.4) is 0 Å². The first-order valence-corrected chi connectivity index (χ1v) is 5.77. The van der Waals surface area contributed by atoms with Gasteiger partial charge in [0.2, 0.25) is 0 Å². The lowest BCUT2D eigenvalue weighted by Gasteiger charge is -2.10. The van der Waals surface area contributed by atoms with E-state index in [0.717, 1.165) is 12.0 Å². The Hall–Kier alpha value is -1.39. The molecule has 1 aromatic rings. The summed E-state index contributed by atoms with van der Waals surface area (Å²) in [5, 5.41) is 2.81. The summed E-state index contributed by atoms with van der Waals surface area (Å²) in [6, 6.07) is 7.50. The largest absolute Gasteiger partial charge is 0.380 e. The molecule has 0 aromatic heterocycles. The van der Waals surface area contributed by atoms with Gasteiger partial charge in [0.15, 0.2) is 0 Å². The van der Waals surface area contributed by atoms with Gasteiger partial charge in [-0.1, -0.05) is 12.1 Å². The lowest BCUT2D eigenvalue weighted by molar-refractivity contribution is 0.0870. The number of ether oxygens (including phenoxy) is 1. The van der Waals surface area contributed by atoms with E-state index in [9.17, 15) is 4.79 Å². The molecule has 1 unspecified atom stereocenters. The molecule has 0 spiro atoms. The molecule has 0 radical (unpaired) electrons. The zero-order valence-corrected chi connectivity index (χ0v) is 10.4. The van der Waals surface area contributed by atoms with Crippen molar-refractivity contribution in [1.29, 1.82) is 0 Å². The summed E-state index contributed by atoms with van der Waals surface area (Å²) < 4.78 is 5.06. The number of amides is 1. The smallest absolute Gasteiger partial charge is 0.251 e. The highest BCUT2D eigenvalue weighted by atomic mass is 16.5. The van der Waals surface area contributed by atoms with Crippen LogP contribution >= 0.6 is 0 Å². The number of benzene rings is 1. The second kappa shape index (κ2) is 7.04. The average Bonchev–Trinajstić information content (AvgIpc) is 2.36. The van der Waals surface area contributed by atoms with Gasteiger partial charge in [0.1, 0.15) is 0 Å². The molecule has 0 heterocycles. The topological polar surface area (TPSA) is 64.3 Å². The molecule has 0 bridgehead atoms. The van der Waals surface area contributed by atoms with Crippen LogP contribution < -0.4 is 11.1 Å². The van der Waals surface area contributed by atoms with Crippen LogP contribution in [0.25, 0.3) is 0 Å². The molecule has 1 atom stereocenters. The third-order valence-corrected chi connectivity index (χ3v) is 2.60. The van der Waals surface area contributed by atoms with E-state index >= 15 is 0 Å². The molecule has 17 heavy (non-hydrogen) atoms. The predicted octanol–water partition coefficient (Wildman–Crippen LogP) is 0.953. The van der Waals surface area contributed by atoms with E-state index in [1.807, 2.05) is 31.2 Å².